The van der Waals surface area contributed by atoms with Crippen molar-refractivity contribution < 1.29 is 4.79 Å². The van der Waals surface area contributed by atoms with E-state index in [0.29, 0.717) is 17.2 Å². The second kappa shape index (κ2) is 6.59. The molecular weight excluding hydrogens is 318 g/mol. The molecule has 1 fully saturated rings. The third-order valence-corrected chi connectivity index (χ3v) is 4.63. The predicted molar refractivity (Wildman–Crippen MR) is 85.7 cm³/mol. The van der Waals surface area contributed by atoms with Gasteiger partial charge in [-0.15, -0.1) is 0 Å². The maximum atomic E-state index is 12.5. The fourth-order valence-electron chi connectivity index (χ4n) is 2.63. The monoisotopic (exact) mass is 339 g/mol. The Morgan fingerprint density at radius 3 is 2.75 bits per heavy atom. The van der Waals surface area contributed by atoms with Crippen molar-refractivity contribution in [2.45, 2.75) is 12.8 Å². The topological polar surface area (TPSA) is 49.6 Å². The van der Waals surface area contributed by atoms with Crippen LogP contribution < -0.4 is 5.73 Å². The maximum absolute atomic E-state index is 12.5. The van der Waals surface area contributed by atoms with Crippen LogP contribution in [0, 0.1) is 5.92 Å². The van der Waals surface area contributed by atoms with Gasteiger partial charge in [0.15, 0.2) is 0 Å². The van der Waals surface area contributed by atoms with Gasteiger partial charge in [0.1, 0.15) is 0 Å². The molecule has 0 radical (unpaired) electrons. The van der Waals surface area contributed by atoms with Crippen LogP contribution in [0.2, 0.25) is 0 Å². The summed E-state index contributed by atoms with van der Waals surface area (Å²) in [5.41, 5.74) is 7.02. The summed E-state index contributed by atoms with van der Waals surface area (Å²) >= 11 is 3.42. The molecule has 1 aliphatic rings. The number of nitrogens with two attached hydrogens (primary N) is 1. The Kier molecular flexibility index (Phi) is 5.05. The largest absolute Gasteiger partial charge is 0.399 e. The molecule has 0 unspecified atom stereocenters. The van der Waals surface area contributed by atoms with E-state index in [2.05, 4.69) is 27.9 Å². The van der Waals surface area contributed by atoms with Gasteiger partial charge < -0.3 is 15.5 Å². The number of hydrogen-bond acceptors (Lipinski definition) is 3. The van der Waals surface area contributed by atoms with E-state index < -0.39 is 0 Å². The Balaban J connectivity index is 1.99. The molecule has 0 atom stereocenters. The molecule has 5 heteroatoms. The zero-order valence-electron chi connectivity index (χ0n) is 12.1. The molecule has 1 aliphatic heterocycles. The SMILES string of the molecule is CN1CCC(CN(C)C(=O)c2cc(N)ccc2Br)CC1. The van der Waals surface area contributed by atoms with Crippen molar-refractivity contribution in [2.24, 2.45) is 5.92 Å². The number of nitrogens with zero attached hydrogens (tertiary/aromatic N) is 2. The Morgan fingerprint density at radius 2 is 2.10 bits per heavy atom. The molecule has 20 heavy (non-hydrogen) atoms. The van der Waals surface area contributed by atoms with Gasteiger partial charge in [0.25, 0.3) is 5.91 Å². The smallest absolute Gasteiger partial charge is 0.254 e. The van der Waals surface area contributed by atoms with Crippen molar-refractivity contribution in [1.82, 2.24) is 9.80 Å². The van der Waals surface area contributed by atoms with Crippen molar-refractivity contribution in [2.75, 3.05) is 39.5 Å². The molecule has 0 aromatic heterocycles. The van der Waals surface area contributed by atoms with Gasteiger partial charge in [-0.3, -0.25) is 4.79 Å². The van der Waals surface area contributed by atoms with Crippen molar-refractivity contribution in [1.29, 1.82) is 0 Å². The number of amides is 1. The minimum atomic E-state index is 0.0307. The number of nitrogen functional groups attached to an aromatic ring is 1. The molecule has 1 aromatic rings. The van der Waals surface area contributed by atoms with Gasteiger partial charge in [0.2, 0.25) is 0 Å². The van der Waals surface area contributed by atoms with Crippen molar-refractivity contribution in [3.8, 4) is 0 Å². The van der Waals surface area contributed by atoms with Crippen LogP contribution in [0.15, 0.2) is 22.7 Å². The van der Waals surface area contributed by atoms with Gasteiger partial charge in [0, 0.05) is 23.8 Å². The Labute approximate surface area is 129 Å². The molecule has 1 saturated heterocycles. The summed E-state index contributed by atoms with van der Waals surface area (Å²) in [6, 6.07) is 5.35. The lowest BCUT2D eigenvalue weighted by molar-refractivity contribution is 0.0746. The average Bonchev–Trinajstić information content (AvgIpc) is 2.43. The number of carbonyl (C=O) groups excluding carboxylic acids is 1. The predicted octanol–water partition coefficient (Wildman–Crippen LogP) is 2.45. The van der Waals surface area contributed by atoms with Crippen LogP contribution in [0.3, 0.4) is 0 Å². The minimum absolute atomic E-state index is 0.0307. The third kappa shape index (κ3) is 3.73. The van der Waals surface area contributed by atoms with E-state index in [1.54, 1.807) is 12.1 Å². The highest BCUT2D eigenvalue weighted by molar-refractivity contribution is 9.10. The maximum Gasteiger partial charge on any atom is 0.254 e. The molecule has 0 saturated carbocycles. The first-order valence-corrected chi connectivity index (χ1v) is 7.75. The van der Waals surface area contributed by atoms with Gasteiger partial charge in [0.05, 0.1) is 5.56 Å². The van der Waals surface area contributed by atoms with Crippen molar-refractivity contribution >= 4 is 27.5 Å². The molecule has 110 valence electrons. The van der Waals surface area contributed by atoms with Gasteiger partial charge in [-0.2, -0.15) is 0 Å². The molecular formula is C15H22BrN3O. The number of benzene rings is 1. The van der Waals surface area contributed by atoms with Crippen LogP contribution in [0.5, 0.6) is 0 Å². The summed E-state index contributed by atoms with van der Waals surface area (Å²) in [7, 11) is 4.02. The van der Waals surface area contributed by atoms with E-state index in [1.807, 2.05) is 18.0 Å². The summed E-state index contributed by atoms with van der Waals surface area (Å²) in [6.07, 6.45) is 2.32. The lowest BCUT2D eigenvalue weighted by Crippen LogP contribution is -2.38. The molecule has 1 aromatic carbocycles. The summed E-state index contributed by atoms with van der Waals surface area (Å²) < 4.78 is 0.798. The molecule has 0 spiro atoms. The number of rotatable bonds is 3. The zero-order chi connectivity index (χ0) is 14.7. The minimum Gasteiger partial charge on any atom is -0.399 e. The molecule has 1 heterocycles. The summed E-state index contributed by atoms with van der Waals surface area (Å²) in [4.78, 5) is 16.6. The Hall–Kier alpha value is -1.07. The van der Waals surface area contributed by atoms with E-state index in [-0.39, 0.29) is 5.91 Å². The van der Waals surface area contributed by atoms with Crippen LogP contribution in [0.1, 0.15) is 23.2 Å². The fraction of sp³-hybridized carbons (Fsp3) is 0.533. The zero-order valence-corrected chi connectivity index (χ0v) is 13.7. The lowest BCUT2D eigenvalue weighted by Gasteiger charge is -2.31. The Morgan fingerprint density at radius 1 is 1.45 bits per heavy atom. The molecule has 0 aliphatic carbocycles. The highest BCUT2D eigenvalue weighted by Crippen LogP contribution is 2.22. The molecule has 1 amide bonds. The van der Waals surface area contributed by atoms with Crippen molar-refractivity contribution in [3.63, 3.8) is 0 Å². The Bertz CT molecular complexity index is 484. The fourth-order valence-corrected chi connectivity index (χ4v) is 3.04. The van der Waals surface area contributed by atoms with E-state index in [9.17, 15) is 4.79 Å². The number of hydrogen-bond donors (Lipinski definition) is 1. The van der Waals surface area contributed by atoms with E-state index in [4.69, 9.17) is 5.73 Å². The quantitative estimate of drug-likeness (QED) is 0.860. The average molecular weight is 340 g/mol. The standard InChI is InChI=1S/C15H22BrN3O/c1-18-7-5-11(6-8-18)10-19(2)15(20)13-9-12(17)3-4-14(13)16/h3-4,9,11H,5-8,10,17H2,1-2H3. The van der Waals surface area contributed by atoms with Crippen LogP contribution in [0.25, 0.3) is 0 Å². The van der Waals surface area contributed by atoms with Gasteiger partial charge in [-0.1, -0.05) is 0 Å². The van der Waals surface area contributed by atoms with Crippen LogP contribution in [0.4, 0.5) is 5.69 Å². The summed E-state index contributed by atoms with van der Waals surface area (Å²) in [5.74, 6) is 0.628. The number of likely N-dealkylation sites (tertiary alicyclic amines) is 1. The van der Waals surface area contributed by atoms with E-state index in [0.717, 1.165) is 36.9 Å². The van der Waals surface area contributed by atoms with Crippen molar-refractivity contribution in [3.05, 3.63) is 28.2 Å². The first-order chi connectivity index (χ1) is 9.47. The molecule has 2 N–H and O–H groups in total. The number of piperidine rings is 1. The second-order valence-corrected chi connectivity index (χ2v) is 6.53. The van der Waals surface area contributed by atoms with Gasteiger partial charge in [-0.05, 0) is 73.0 Å². The van der Waals surface area contributed by atoms with E-state index in [1.165, 1.54) is 0 Å². The number of halogens is 1. The first kappa shape index (κ1) is 15.3. The lowest BCUT2D eigenvalue weighted by atomic mass is 9.96. The number of anilines is 1. The van der Waals surface area contributed by atoms with Crippen LogP contribution in [-0.4, -0.2) is 49.4 Å². The van der Waals surface area contributed by atoms with E-state index >= 15 is 0 Å². The second-order valence-electron chi connectivity index (χ2n) is 5.67. The highest BCUT2D eigenvalue weighted by Gasteiger charge is 2.22. The third-order valence-electron chi connectivity index (χ3n) is 3.94. The summed E-state index contributed by atoms with van der Waals surface area (Å²) in [5, 5.41) is 0. The molecule has 2 rings (SSSR count). The molecule has 0 bridgehead atoms. The first-order valence-electron chi connectivity index (χ1n) is 6.96. The van der Waals surface area contributed by atoms with Crippen LogP contribution >= 0.6 is 15.9 Å². The van der Waals surface area contributed by atoms with Gasteiger partial charge in [-0.25, -0.2) is 0 Å². The van der Waals surface area contributed by atoms with Gasteiger partial charge >= 0.3 is 0 Å². The highest BCUT2D eigenvalue weighted by atomic mass is 79.9. The number of carbonyl (C=O) groups is 1. The van der Waals surface area contributed by atoms with Crippen LogP contribution in [-0.2, 0) is 0 Å². The molecule has 4 nitrogen and oxygen atoms in total. The normalized spacial score (nSPS) is 17.1. The summed E-state index contributed by atoms with van der Waals surface area (Å²) in [6.45, 7) is 3.05.